The van der Waals surface area contributed by atoms with E-state index in [2.05, 4.69) is 4.98 Å². The molecule has 0 N–H and O–H groups in total. The standard InChI is InChI=1S/C23H26N2O4S/c1-17-5-4-6-21(13-17)29-15-22-24-19(16-30-22)14-25(11-12-27-2)23(26)18-7-9-20(28-3)10-8-18/h4-10,13,16H,11-12,14-15H2,1-3H3. The highest BCUT2D eigenvalue weighted by Crippen LogP contribution is 2.19. The number of ether oxygens (including phenoxy) is 3. The van der Waals surface area contributed by atoms with Gasteiger partial charge in [0.15, 0.2) is 0 Å². The van der Waals surface area contributed by atoms with E-state index in [0.717, 1.165) is 22.0 Å². The summed E-state index contributed by atoms with van der Waals surface area (Å²) >= 11 is 1.53. The van der Waals surface area contributed by atoms with Gasteiger partial charge in [-0.3, -0.25) is 4.79 Å². The number of amides is 1. The molecule has 0 unspecified atom stereocenters. The highest BCUT2D eigenvalue weighted by atomic mass is 32.1. The Balaban J connectivity index is 1.65. The molecular weight excluding hydrogens is 400 g/mol. The Labute approximate surface area is 181 Å². The molecular formula is C23H26N2O4S. The Morgan fingerprint density at radius 2 is 1.90 bits per heavy atom. The highest BCUT2D eigenvalue weighted by Gasteiger charge is 2.18. The minimum Gasteiger partial charge on any atom is -0.497 e. The Bertz CT molecular complexity index is 956. The summed E-state index contributed by atoms with van der Waals surface area (Å²) in [5.41, 5.74) is 2.59. The third-order valence-electron chi connectivity index (χ3n) is 4.49. The van der Waals surface area contributed by atoms with Crippen LogP contribution >= 0.6 is 11.3 Å². The monoisotopic (exact) mass is 426 g/mol. The molecule has 0 radical (unpaired) electrons. The fraction of sp³-hybridized carbons (Fsp3) is 0.304. The first-order valence-corrected chi connectivity index (χ1v) is 10.5. The molecule has 2 aromatic carbocycles. The van der Waals surface area contributed by atoms with E-state index in [1.807, 2.05) is 36.6 Å². The number of carbonyl (C=O) groups excluding carboxylic acids is 1. The zero-order valence-corrected chi connectivity index (χ0v) is 18.3. The summed E-state index contributed by atoms with van der Waals surface area (Å²) in [6, 6.07) is 15.0. The second-order valence-electron chi connectivity index (χ2n) is 6.79. The molecule has 0 aliphatic carbocycles. The Kier molecular flexibility index (Phi) is 7.82. The second kappa shape index (κ2) is 10.8. The molecule has 1 heterocycles. The van der Waals surface area contributed by atoms with Crippen LogP contribution in [0.2, 0.25) is 0 Å². The van der Waals surface area contributed by atoms with Gasteiger partial charge >= 0.3 is 0 Å². The van der Waals surface area contributed by atoms with Gasteiger partial charge in [-0.15, -0.1) is 11.3 Å². The molecule has 0 fully saturated rings. The van der Waals surface area contributed by atoms with Gasteiger partial charge in [-0.2, -0.15) is 0 Å². The highest BCUT2D eigenvalue weighted by molar-refractivity contribution is 7.09. The third-order valence-corrected chi connectivity index (χ3v) is 5.36. The van der Waals surface area contributed by atoms with Gasteiger partial charge in [-0.05, 0) is 48.9 Å². The largest absolute Gasteiger partial charge is 0.497 e. The smallest absolute Gasteiger partial charge is 0.254 e. The summed E-state index contributed by atoms with van der Waals surface area (Å²) in [6.45, 7) is 3.78. The van der Waals surface area contributed by atoms with E-state index in [1.165, 1.54) is 11.3 Å². The number of nitrogens with zero attached hydrogens (tertiary/aromatic N) is 2. The average Bonchev–Trinajstić information content (AvgIpc) is 3.22. The molecule has 0 aliphatic heterocycles. The number of thiazole rings is 1. The van der Waals surface area contributed by atoms with E-state index < -0.39 is 0 Å². The molecule has 30 heavy (non-hydrogen) atoms. The Hall–Kier alpha value is -2.90. The summed E-state index contributed by atoms with van der Waals surface area (Å²) in [5.74, 6) is 1.47. The summed E-state index contributed by atoms with van der Waals surface area (Å²) < 4.78 is 16.2. The van der Waals surface area contributed by atoms with Gasteiger partial charge in [0.2, 0.25) is 0 Å². The Morgan fingerprint density at radius 3 is 2.60 bits per heavy atom. The summed E-state index contributed by atoms with van der Waals surface area (Å²) in [5, 5.41) is 2.84. The first-order valence-electron chi connectivity index (χ1n) is 9.64. The first kappa shape index (κ1) is 21.8. The van der Waals surface area contributed by atoms with Crippen LogP contribution in [0.25, 0.3) is 0 Å². The van der Waals surface area contributed by atoms with Gasteiger partial charge in [0.1, 0.15) is 23.1 Å². The summed E-state index contributed by atoms with van der Waals surface area (Å²) in [7, 11) is 3.23. The Morgan fingerprint density at radius 1 is 1.10 bits per heavy atom. The number of aryl methyl sites for hydroxylation is 1. The summed E-state index contributed by atoms with van der Waals surface area (Å²) in [4.78, 5) is 19.4. The molecule has 0 saturated carbocycles. The maximum absolute atomic E-state index is 13.0. The van der Waals surface area contributed by atoms with Crippen LogP contribution in [0.3, 0.4) is 0 Å². The van der Waals surface area contributed by atoms with Crippen molar-refractivity contribution < 1.29 is 19.0 Å². The van der Waals surface area contributed by atoms with Crippen molar-refractivity contribution in [3.05, 3.63) is 75.7 Å². The first-order chi connectivity index (χ1) is 14.6. The maximum atomic E-state index is 13.0. The van der Waals surface area contributed by atoms with E-state index in [9.17, 15) is 4.79 Å². The molecule has 3 rings (SSSR count). The molecule has 7 heteroatoms. The SMILES string of the molecule is COCCN(Cc1csc(COc2cccc(C)c2)n1)C(=O)c1ccc(OC)cc1. The molecule has 1 amide bonds. The zero-order valence-electron chi connectivity index (χ0n) is 17.5. The van der Waals surface area contributed by atoms with Gasteiger partial charge in [0.25, 0.3) is 5.91 Å². The lowest BCUT2D eigenvalue weighted by atomic mass is 10.2. The van der Waals surface area contributed by atoms with Gasteiger partial charge in [0, 0.05) is 24.6 Å². The topological polar surface area (TPSA) is 60.9 Å². The fourth-order valence-electron chi connectivity index (χ4n) is 2.90. The molecule has 0 saturated heterocycles. The van der Waals surface area contributed by atoms with E-state index in [4.69, 9.17) is 14.2 Å². The third kappa shape index (κ3) is 6.05. The predicted molar refractivity (Wildman–Crippen MR) is 117 cm³/mol. The molecule has 3 aromatic rings. The van der Waals surface area contributed by atoms with E-state index >= 15 is 0 Å². The number of hydrogen-bond acceptors (Lipinski definition) is 6. The van der Waals surface area contributed by atoms with Crippen molar-refractivity contribution in [1.29, 1.82) is 0 Å². The van der Waals surface area contributed by atoms with Crippen LogP contribution in [-0.2, 0) is 17.9 Å². The van der Waals surface area contributed by atoms with Gasteiger partial charge < -0.3 is 19.1 Å². The quantitative estimate of drug-likeness (QED) is 0.483. The lowest BCUT2D eigenvalue weighted by molar-refractivity contribution is 0.0678. The average molecular weight is 427 g/mol. The van der Waals surface area contributed by atoms with E-state index in [-0.39, 0.29) is 5.91 Å². The molecule has 0 bridgehead atoms. The van der Waals surface area contributed by atoms with Gasteiger partial charge in [-0.25, -0.2) is 4.98 Å². The van der Waals surface area contributed by atoms with Crippen molar-refractivity contribution in [2.45, 2.75) is 20.1 Å². The molecule has 0 spiro atoms. The molecule has 158 valence electrons. The van der Waals surface area contributed by atoms with Crippen molar-refractivity contribution in [2.24, 2.45) is 0 Å². The molecule has 0 atom stereocenters. The van der Waals surface area contributed by atoms with Crippen molar-refractivity contribution in [3.8, 4) is 11.5 Å². The van der Waals surface area contributed by atoms with E-state index in [0.29, 0.717) is 37.6 Å². The lowest BCUT2D eigenvalue weighted by Crippen LogP contribution is -2.33. The van der Waals surface area contributed by atoms with Crippen molar-refractivity contribution in [1.82, 2.24) is 9.88 Å². The summed E-state index contributed by atoms with van der Waals surface area (Å²) in [6.07, 6.45) is 0. The molecule has 0 aliphatic rings. The number of rotatable bonds is 10. The number of aromatic nitrogens is 1. The normalized spacial score (nSPS) is 10.6. The van der Waals surface area contributed by atoms with Crippen LogP contribution in [0, 0.1) is 6.92 Å². The van der Waals surface area contributed by atoms with Crippen LogP contribution in [0.5, 0.6) is 11.5 Å². The number of benzene rings is 2. The van der Waals surface area contributed by atoms with Crippen LogP contribution in [0.15, 0.2) is 53.9 Å². The number of carbonyl (C=O) groups is 1. The zero-order chi connectivity index (χ0) is 21.3. The number of hydrogen-bond donors (Lipinski definition) is 0. The van der Waals surface area contributed by atoms with Crippen molar-refractivity contribution in [2.75, 3.05) is 27.4 Å². The molecule has 1 aromatic heterocycles. The number of methoxy groups -OCH3 is 2. The minimum atomic E-state index is -0.0692. The van der Waals surface area contributed by atoms with Crippen LogP contribution in [-0.4, -0.2) is 43.2 Å². The van der Waals surface area contributed by atoms with Crippen LogP contribution < -0.4 is 9.47 Å². The fourth-order valence-corrected chi connectivity index (χ4v) is 3.60. The predicted octanol–water partition coefficient (Wildman–Crippen LogP) is 4.33. The lowest BCUT2D eigenvalue weighted by Gasteiger charge is -2.21. The van der Waals surface area contributed by atoms with Crippen LogP contribution in [0.4, 0.5) is 0 Å². The maximum Gasteiger partial charge on any atom is 0.254 e. The van der Waals surface area contributed by atoms with Crippen LogP contribution in [0.1, 0.15) is 26.6 Å². The van der Waals surface area contributed by atoms with E-state index in [1.54, 1.807) is 43.4 Å². The van der Waals surface area contributed by atoms with Crippen molar-refractivity contribution in [3.63, 3.8) is 0 Å². The van der Waals surface area contributed by atoms with Gasteiger partial charge in [-0.1, -0.05) is 12.1 Å². The van der Waals surface area contributed by atoms with Gasteiger partial charge in [0.05, 0.1) is 26.0 Å². The van der Waals surface area contributed by atoms with Crippen molar-refractivity contribution >= 4 is 17.2 Å². The molecule has 6 nitrogen and oxygen atoms in total. The minimum absolute atomic E-state index is 0.0692. The second-order valence-corrected chi connectivity index (χ2v) is 7.73.